The molecule has 0 saturated heterocycles. The zero-order valence-electron chi connectivity index (χ0n) is 15.9. The van der Waals surface area contributed by atoms with E-state index in [0.717, 1.165) is 17.7 Å². The van der Waals surface area contributed by atoms with Crippen LogP contribution >= 0.6 is 0 Å². The maximum Gasteiger partial charge on any atom is 0.272 e. The zero-order valence-corrected chi connectivity index (χ0v) is 15.9. The minimum absolute atomic E-state index is 0.308. The fourth-order valence-electron chi connectivity index (χ4n) is 3.01. The van der Waals surface area contributed by atoms with E-state index >= 15 is 0 Å². The Morgan fingerprint density at radius 2 is 1.94 bits per heavy atom. The number of hydrogen-bond donors (Lipinski definition) is 1. The number of aromatic nitrogens is 2. The number of amides is 1. The molecule has 1 N–H and O–H groups in total. The minimum Gasteiger partial charge on any atom is -0.868 e. The number of hydrazone groups is 1. The molecular weight excluding hydrogens is 398 g/mol. The first kappa shape index (κ1) is 19.6. The van der Waals surface area contributed by atoms with Crippen LogP contribution in [0.5, 0.6) is 5.75 Å². The molecule has 0 atom stereocenters. The Labute approximate surface area is 175 Å². The molecule has 0 bridgehead atoms. The van der Waals surface area contributed by atoms with Gasteiger partial charge in [0.25, 0.3) is 11.6 Å². The number of pyridine rings is 2. The van der Waals surface area contributed by atoms with Crippen molar-refractivity contribution < 1.29 is 14.8 Å². The van der Waals surface area contributed by atoms with Crippen molar-refractivity contribution >= 4 is 28.7 Å². The fourth-order valence-corrected chi connectivity index (χ4v) is 3.01. The molecule has 0 saturated carbocycles. The van der Waals surface area contributed by atoms with E-state index in [-0.39, 0.29) is 0 Å². The SMILES string of the molecule is O=C(N/N=C\c1ccc([O-])c([N+](=O)[O-])c1)c1cc(-c2cccnc2)nc2ccccc12. The average Bonchev–Trinajstić information content (AvgIpc) is 2.79. The van der Waals surface area contributed by atoms with Crippen LogP contribution in [-0.2, 0) is 0 Å². The molecule has 0 fully saturated rings. The average molecular weight is 412 g/mol. The molecule has 0 radical (unpaired) electrons. The molecule has 2 aromatic carbocycles. The van der Waals surface area contributed by atoms with Crippen molar-refractivity contribution in [2.24, 2.45) is 5.10 Å². The molecule has 0 unspecified atom stereocenters. The summed E-state index contributed by atoms with van der Waals surface area (Å²) in [5, 5.41) is 26.9. The minimum atomic E-state index is -0.763. The van der Waals surface area contributed by atoms with Crippen LogP contribution in [0.3, 0.4) is 0 Å². The molecular formula is C22H14N5O4-. The van der Waals surface area contributed by atoms with Crippen molar-refractivity contribution in [3.8, 4) is 17.0 Å². The Hall–Kier alpha value is -4.66. The first-order valence-electron chi connectivity index (χ1n) is 9.12. The van der Waals surface area contributed by atoms with Crippen LogP contribution in [0.4, 0.5) is 5.69 Å². The van der Waals surface area contributed by atoms with Gasteiger partial charge in [-0.2, -0.15) is 5.10 Å². The van der Waals surface area contributed by atoms with Crippen molar-refractivity contribution in [3.05, 3.63) is 94.3 Å². The van der Waals surface area contributed by atoms with E-state index < -0.39 is 22.3 Å². The topological polar surface area (TPSA) is 133 Å². The third kappa shape index (κ3) is 4.20. The lowest BCUT2D eigenvalue weighted by atomic mass is 10.0. The van der Waals surface area contributed by atoms with E-state index in [9.17, 15) is 20.0 Å². The highest BCUT2D eigenvalue weighted by atomic mass is 16.6. The smallest absolute Gasteiger partial charge is 0.272 e. The van der Waals surface area contributed by atoms with Gasteiger partial charge in [-0.15, -0.1) is 0 Å². The van der Waals surface area contributed by atoms with Crippen molar-refractivity contribution in [1.29, 1.82) is 0 Å². The summed E-state index contributed by atoms with van der Waals surface area (Å²) in [4.78, 5) is 31.7. The van der Waals surface area contributed by atoms with Crippen LogP contribution in [-0.4, -0.2) is 27.0 Å². The Kier molecular flexibility index (Phi) is 5.31. The number of nitrogens with one attached hydrogen (secondary N) is 1. The summed E-state index contributed by atoms with van der Waals surface area (Å²) in [7, 11) is 0. The highest BCUT2D eigenvalue weighted by Crippen LogP contribution is 2.25. The Balaban J connectivity index is 1.64. The van der Waals surface area contributed by atoms with Crippen LogP contribution < -0.4 is 10.5 Å². The van der Waals surface area contributed by atoms with Crippen LogP contribution in [0.1, 0.15) is 15.9 Å². The lowest BCUT2D eigenvalue weighted by Gasteiger charge is -2.09. The van der Waals surface area contributed by atoms with Crippen LogP contribution in [0.2, 0.25) is 0 Å². The van der Waals surface area contributed by atoms with Gasteiger partial charge in [0.1, 0.15) is 0 Å². The third-order valence-corrected chi connectivity index (χ3v) is 4.48. The van der Waals surface area contributed by atoms with E-state index in [1.165, 1.54) is 12.3 Å². The van der Waals surface area contributed by atoms with Crippen LogP contribution in [0.15, 0.2) is 78.2 Å². The van der Waals surface area contributed by atoms with E-state index in [1.54, 1.807) is 42.7 Å². The molecule has 0 aliphatic heterocycles. The van der Waals surface area contributed by atoms with Gasteiger partial charge in [0.2, 0.25) is 0 Å². The molecule has 31 heavy (non-hydrogen) atoms. The molecule has 4 rings (SSSR count). The van der Waals surface area contributed by atoms with Gasteiger partial charge in [-0.05, 0) is 30.0 Å². The van der Waals surface area contributed by atoms with E-state index in [0.29, 0.717) is 27.7 Å². The largest absolute Gasteiger partial charge is 0.868 e. The van der Waals surface area contributed by atoms with Crippen molar-refractivity contribution in [3.63, 3.8) is 0 Å². The first-order chi connectivity index (χ1) is 15.0. The lowest BCUT2D eigenvalue weighted by molar-refractivity contribution is -0.398. The number of benzene rings is 2. The maximum atomic E-state index is 12.8. The number of rotatable bonds is 5. The summed E-state index contributed by atoms with van der Waals surface area (Å²) >= 11 is 0. The molecule has 0 aliphatic carbocycles. The van der Waals surface area contributed by atoms with E-state index in [4.69, 9.17) is 0 Å². The van der Waals surface area contributed by atoms with Gasteiger partial charge in [0.15, 0.2) is 0 Å². The Bertz CT molecular complexity index is 1320. The van der Waals surface area contributed by atoms with Gasteiger partial charge in [0, 0.05) is 35.0 Å². The molecule has 152 valence electrons. The predicted molar refractivity (Wildman–Crippen MR) is 113 cm³/mol. The van der Waals surface area contributed by atoms with E-state index in [2.05, 4.69) is 20.5 Å². The molecule has 2 heterocycles. The first-order valence-corrected chi connectivity index (χ1v) is 9.12. The summed E-state index contributed by atoms with van der Waals surface area (Å²) in [6.45, 7) is 0. The number of carbonyl (C=O) groups excluding carboxylic acids is 1. The number of hydrogen-bond acceptors (Lipinski definition) is 7. The summed E-state index contributed by atoms with van der Waals surface area (Å²) in [6, 6.07) is 16.1. The van der Waals surface area contributed by atoms with E-state index in [1.807, 2.05) is 12.1 Å². The van der Waals surface area contributed by atoms with Gasteiger partial charge >= 0.3 is 0 Å². The van der Waals surface area contributed by atoms with Gasteiger partial charge in [-0.3, -0.25) is 19.9 Å². The summed E-state index contributed by atoms with van der Waals surface area (Å²) in [6.07, 6.45) is 4.54. The molecule has 2 aromatic heterocycles. The Morgan fingerprint density at radius 3 is 2.71 bits per heavy atom. The fraction of sp³-hybridized carbons (Fsp3) is 0. The molecule has 0 aliphatic rings. The monoisotopic (exact) mass is 412 g/mol. The third-order valence-electron chi connectivity index (χ3n) is 4.48. The van der Waals surface area contributed by atoms with Crippen LogP contribution in [0.25, 0.3) is 22.2 Å². The Morgan fingerprint density at radius 1 is 1.10 bits per heavy atom. The second kappa shape index (κ2) is 8.37. The second-order valence-electron chi connectivity index (χ2n) is 6.50. The lowest BCUT2D eigenvalue weighted by Crippen LogP contribution is -2.18. The van der Waals surface area contributed by atoms with Crippen molar-refractivity contribution in [2.75, 3.05) is 0 Å². The van der Waals surface area contributed by atoms with Crippen LogP contribution in [0, 0.1) is 10.1 Å². The zero-order chi connectivity index (χ0) is 21.8. The summed E-state index contributed by atoms with van der Waals surface area (Å²) in [5.41, 5.74) is 4.52. The number of nitro groups is 1. The molecule has 4 aromatic rings. The molecule has 0 spiro atoms. The molecule has 1 amide bonds. The number of carbonyl (C=O) groups is 1. The number of nitro benzene ring substituents is 1. The van der Waals surface area contributed by atoms with Gasteiger partial charge in [0.05, 0.1) is 27.9 Å². The van der Waals surface area contributed by atoms with Crippen molar-refractivity contribution in [2.45, 2.75) is 0 Å². The highest BCUT2D eigenvalue weighted by molar-refractivity contribution is 6.07. The van der Waals surface area contributed by atoms with Gasteiger partial charge in [-0.25, -0.2) is 10.4 Å². The summed E-state index contributed by atoms with van der Waals surface area (Å²) in [5.74, 6) is -1.17. The molecule has 9 nitrogen and oxygen atoms in total. The quantitative estimate of drug-likeness (QED) is 0.304. The predicted octanol–water partition coefficient (Wildman–Crippen LogP) is 3.04. The standard InChI is InChI=1S/C22H15N5O4/c28-21-8-7-14(10-20(21)27(30)31)12-24-26-22(29)17-11-19(15-4-3-9-23-13-15)25-18-6-2-1-5-16(17)18/h1-13,28H,(H,26,29)/p-1/b24-12-. The number of fused-ring (bicyclic) bond motifs is 1. The summed E-state index contributed by atoms with van der Waals surface area (Å²) < 4.78 is 0. The molecule has 9 heteroatoms. The van der Waals surface area contributed by atoms with Gasteiger partial charge in [-0.1, -0.05) is 30.3 Å². The number of nitrogens with zero attached hydrogens (tertiary/aromatic N) is 4. The maximum absolute atomic E-state index is 12.8. The number of para-hydroxylation sites is 1. The normalized spacial score (nSPS) is 11.0. The van der Waals surface area contributed by atoms with Gasteiger partial charge < -0.3 is 5.11 Å². The highest BCUT2D eigenvalue weighted by Gasteiger charge is 2.14. The van der Waals surface area contributed by atoms with Crippen molar-refractivity contribution in [1.82, 2.24) is 15.4 Å². The second-order valence-corrected chi connectivity index (χ2v) is 6.50.